The highest BCUT2D eigenvalue weighted by atomic mass is 32.1. The van der Waals surface area contributed by atoms with E-state index in [1.807, 2.05) is 34.0 Å². The van der Waals surface area contributed by atoms with Crippen LogP contribution in [-0.4, -0.2) is 27.4 Å². The number of nitrogens with zero attached hydrogens (tertiary/aromatic N) is 6. The second-order valence-electron chi connectivity index (χ2n) is 38.5. The molecule has 147 heavy (non-hydrogen) atoms. The maximum atomic E-state index is 2.45. The van der Waals surface area contributed by atoms with Gasteiger partial charge >= 0.3 is 0 Å². The molecule has 0 unspecified atom stereocenters. The minimum atomic E-state index is 1.16. The molecular formula is C138H86N6S3. The molecule has 0 atom stereocenters. The summed E-state index contributed by atoms with van der Waals surface area (Å²) < 4.78 is 22.5. The molecule has 0 aliphatic rings. The first-order valence-corrected chi connectivity index (χ1v) is 52.7. The van der Waals surface area contributed by atoms with Crippen molar-refractivity contribution in [3.8, 4) is 89.8 Å². The van der Waals surface area contributed by atoms with Crippen LogP contribution in [-0.2, 0) is 0 Å². The average molecular weight is 1920 g/mol. The minimum Gasteiger partial charge on any atom is -0.309 e. The lowest BCUT2D eigenvalue weighted by Gasteiger charge is -2.11. The van der Waals surface area contributed by atoms with Gasteiger partial charge in [-0.2, -0.15) is 0 Å². The SMILES string of the molecule is c1ccc(-c2ccc(-n3c4ccccc4c4cc(-c5ccc6c7ccccc7n(-c7ccc8sc9ccccc9c8c7)c6c5)ccc43)cc2)cc1.c1ccc(-c2cccc(-n3c4ccccc4c4cc(-c5ccc6c7ccccc7n(-c7ccc8sc9ccccc9c8c7)c6c5)ccc43)c2)cc1.c1ccc(-n2c3ccccc3c3cc(-c4ccc5c6ccccc6n(-c6ccc7sc8ccccc8c7c6)c5c4)ccc32)cc1. The van der Waals surface area contributed by atoms with Crippen LogP contribution in [0.3, 0.4) is 0 Å². The van der Waals surface area contributed by atoms with Crippen molar-refractivity contribution in [2.75, 3.05) is 0 Å². The number of hydrogen-bond donors (Lipinski definition) is 0. The summed E-state index contributed by atoms with van der Waals surface area (Å²) in [4.78, 5) is 0. The van der Waals surface area contributed by atoms with Crippen LogP contribution in [0.2, 0.25) is 0 Å². The molecular weight excluding hydrogens is 1840 g/mol. The van der Waals surface area contributed by atoms with Gasteiger partial charge < -0.3 is 27.4 Å². The van der Waals surface area contributed by atoms with Gasteiger partial charge in [0.1, 0.15) is 0 Å². The molecule has 9 aromatic heterocycles. The highest BCUT2D eigenvalue weighted by Gasteiger charge is 2.25. The van der Waals surface area contributed by atoms with Crippen molar-refractivity contribution in [1.82, 2.24) is 27.4 Å². The van der Waals surface area contributed by atoms with Gasteiger partial charge in [0, 0.05) is 159 Å². The molecule has 0 bridgehead atoms. The molecule has 32 rings (SSSR count). The van der Waals surface area contributed by atoms with Crippen molar-refractivity contribution >= 4 is 225 Å². The average Bonchev–Trinajstić information content (AvgIpc) is 1.58. The van der Waals surface area contributed by atoms with Crippen LogP contribution in [0.15, 0.2) is 522 Å². The lowest BCUT2D eigenvalue weighted by Crippen LogP contribution is -1.94. The number of hydrogen-bond acceptors (Lipinski definition) is 3. The van der Waals surface area contributed by atoms with Crippen LogP contribution >= 0.6 is 34.0 Å². The molecule has 0 saturated carbocycles. The first kappa shape index (κ1) is 84.2. The normalized spacial score (nSPS) is 11.9. The fourth-order valence-corrected chi connectivity index (χ4v) is 26.9. The molecule has 0 saturated heterocycles. The number of para-hydroxylation sites is 7. The predicted molar refractivity (Wildman–Crippen MR) is 631 cm³/mol. The number of aromatic nitrogens is 6. The number of thiophene rings is 3. The highest BCUT2D eigenvalue weighted by Crippen LogP contribution is 2.48. The van der Waals surface area contributed by atoms with Crippen molar-refractivity contribution in [1.29, 1.82) is 0 Å². The van der Waals surface area contributed by atoms with E-state index < -0.39 is 0 Å². The van der Waals surface area contributed by atoms with Crippen LogP contribution in [0.1, 0.15) is 0 Å². The van der Waals surface area contributed by atoms with Crippen LogP contribution in [0.4, 0.5) is 0 Å². The number of rotatable bonds is 11. The molecule has 0 radical (unpaired) electrons. The molecule has 6 nitrogen and oxygen atoms in total. The molecule has 0 spiro atoms. The molecule has 686 valence electrons. The van der Waals surface area contributed by atoms with Gasteiger partial charge in [0.25, 0.3) is 0 Å². The fourth-order valence-electron chi connectivity index (χ4n) is 23.6. The zero-order valence-corrected chi connectivity index (χ0v) is 82.0. The Hall–Kier alpha value is -18.5. The van der Waals surface area contributed by atoms with Gasteiger partial charge in [-0.05, 0) is 256 Å². The summed E-state index contributed by atoms with van der Waals surface area (Å²) in [7, 11) is 0. The Morgan fingerprint density at radius 3 is 0.653 bits per heavy atom. The molecule has 0 amide bonds. The molecule has 0 fully saturated rings. The summed E-state index contributed by atoms with van der Waals surface area (Å²) in [5, 5.41) is 23.1. The van der Waals surface area contributed by atoms with Gasteiger partial charge in [-0.25, -0.2) is 0 Å². The zero-order valence-electron chi connectivity index (χ0n) is 79.6. The van der Waals surface area contributed by atoms with Crippen molar-refractivity contribution < 1.29 is 0 Å². The van der Waals surface area contributed by atoms with Crippen LogP contribution in [0.25, 0.3) is 281 Å². The first-order valence-electron chi connectivity index (χ1n) is 50.2. The lowest BCUT2D eigenvalue weighted by atomic mass is 10.0. The van der Waals surface area contributed by atoms with Crippen molar-refractivity contribution in [2.24, 2.45) is 0 Å². The molecule has 32 aromatic rings. The van der Waals surface area contributed by atoms with Gasteiger partial charge in [0.05, 0.1) is 66.2 Å². The van der Waals surface area contributed by atoms with Gasteiger partial charge in [-0.1, -0.05) is 322 Å². The standard InChI is InChI=1S/2C48H30N2S.C42H26N2S/c1-2-11-31(12-3-1)32-13-10-14-35(27-32)49-44-19-8-5-16-38(44)41-28-33(22-25-45(41)49)34-21-24-39-37-15-4-7-18-43(37)50(46(39)29-34)36-23-26-48-42(30-36)40-17-6-9-20-47(40)51-48;1-2-10-31(11-3-1)32-18-22-35(23-19-32)49-44-16-8-5-13-38(44)41-28-33(21-26-45(41)49)34-20-25-39-37-12-4-7-15-43(37)50(46(39)29-34)36-24-27-48-42(30-36)40-14-6-9-17-47(40)51-48;1-2-10-29(11-3-1)43-38-16-8-5-13-32(38)35-24-27(19-22-39(35)43)28-18-21-33-31-12-4-7-15-37(31)44(40(33)25-28)30-20-23-42-36(26-30)34-14-6-9-17-41(34)45-42/h2*1-30H;1-26H. The van der Waals surface area contributed by atoms with Crippen molar-refractivity contribution in [3.05, 3.63) is 522 Å². The third kappa shape index (κ3) is 13.8. The van der Waals surface area contributed by atoms with Gasteiger partial charge in [0.15, 0.2) is 0 Å². The molecule has 9 heterocycles. The molecule has 23 aromatic carbocycles. The maximum absolute atomic E-state index is 2.45. The van der Waals surface area contributed by atoms with Crippen LogP contribution < -0.4 is 0 Å². The molecule has 0 N–H and O–H groups in total. The maximum Gasteiger partial charge on any atom is 0.0547 e. The zero-order chi connectivity index (χ0) is 96.4. The van der Waals surface area contributed by atoms with Crippen molar-refractivity contribution in [2.45, 2.75) is 0 Å². The largest absolute Gasteiger partial charge is 0.309 e. The van der Waals surface area contributed by atoms with E-state index in [0.717, 1.165) is 11.4 Å². The summed E-state index contributed by atoms with van der Waals surface area (Å²) in [6, 6.07) is 191. The third-order valence-corrected chi connectivity index (χ3v) is 33.8. The Bertz CT molecular complexity index is 11000. The van der Waals surface area contributed by atoms with Gasteiger partial charge in [-0.15, -0.1) is 34.0 Å². The molecule has 0 aliphatic heterocycles. The summed E-state index contributed by atoms with van der Waals surface area (Å²) in [5.74, 6) is 0. The van der Waals surface area contributed by atoms with E-state index in [2.05, 4.69) is 549 Å². The smallest absolute Gasteiger partial charge is 0.0547 e. The summed E-state index contributed by atoms with van der Waals surface area (Å²) in [5.41, 5.74) is 33.8. The fraction of sp³-hybridized carbons (Fsp3) is 0. The molecule has 0 aliphatic carbocycles. The summed E-state index contributed by atoms with van der Waals surface area (Å²) >= 11 is 5.60. The Balaban J connectivity index is 0.000000102. The topological polar surface area (TPSA) is 29.6 Å². The third-order valence-electron chi connectivity index (χ3n) is 30.4. The van der Waals surface area contributed by atoms with E-state index in [4.69, 9.17) is 0 Å². The summed E-state index contributed by atoms with van der Waals surface area (Å²) in [6.45, 7) is 0. The summed E-state index contributed by atoms with van der Waals surface area (Å²) in [6.07, 6.45) is 0. The molecule has 9 heteroatoms. The van der Waals surface area contributed by atoms with E-state index in [-0.39, 0.29) is 0 Å². The number of fused-ring (bicyclic) bond motifs is 27. The first-order chi connectivity index (χ1) is 72.9. The second kappa shape index (κ2) is 34.1. The Kier molecular flexibility index (Phi) is 19.6. The monoisotopic (exact) mass is 1920 g/mol. The second-order valence-corrected chi connectivity index (χ2v) is 41.8. The Morgan fingerprint density at radius 1 is 0.0952 bits per heavy atom. The lowest BCUT2D eigenvalue weighted by molar-refractivity contribution is 1.18. The highest BCUT2D eigenvalue weighted by molar-refractivity contribution is 7.26. The Morgan fingerprint density at radius 2 is 0.299 bits per heavy atom. The van der Waals surface area contributed by atoms with Crippen molar-refractivity contribution in [3.63, 3.8) is 0 Å². The quantitative estimate of drug-likeness (QED) is 0.124. The van der Waals surface area contributed by atoms with E-state index in [1.54, 1.807) is 0 Å². The van der Waals surface area contributed by atoms with E-state index in [0.29, 0.717) is 0 Å². The number of benzene rings is 23. The van der Waals surface area contributed by atoms with E-state index >= 15 is 0 Å². The van der Waals surface area contributed by atoms with Crippen LogP contribution in [0.5, 0.6) is 0 Å². The van der Waals surface area contributed by atoms with Gasteiger partial charge in [0.2, 0.25) is 0 Å². The predicted octanol–water partition coefficient (Wildman–Crippen LogP) is 39.1. The minimum absolute atomic E-state index is 1.16. The van der Waals surface area contributed by atoms with Gasteiger partial charge in [-0.3, -0.25) is 0 Å². The van der Waals surface area contributed by atoms with Crippen LogP contribution in [0, 0.1) is 0 Å². The van der Waals surface area contributed by atoms with E-state index in [9.17, 15) is 0 Å². The Labute approximate surface area is 857 Å². The van der Waals surface area contributed by atoms with E-state index in [1.165, 1.54) is 270 Å².